The van der Waals surface area contributed by atoms with Crippen LogP contribution in [0.3, 0.4) is 0 Å². The van der Waals surface area contributed by atoms with Gasteiger partial charge >= 0.3 is 6.09 Å². The van der Waals surface area contributed by atoms with Gasteiger partial charge in [0.05, 0.1) is 6.54 Å². The first-order chi connectivity index (χ1) is 10.9. The Morgan fingerprint density at radius 2 is 1.91 bits per heavy atom. The maximum absolute atomic E-state index is 12.3. The number of hydrogen-bond donors (Lipinski definition) is 1. The molecular weight excluding hydrogens is 288 g/mol. The number of amides is 1. The van der Waals surface area contributed by atoms with Crippen molar-refractivity contribution in [1.29, 1.82) is 0 Å². The summed E-state index contributed by atoms with van der Waals surface area (Å²) in [6.45, 7) is 8.88. The number of rotatable bonds is 5. The van der Waals surface area contributed by atoms with Crippen molar-refractivity contribution in [1.82, 2.24) is 4.90 Å². The minimum Gasteiger partial charge on any atom is -0.444 e. The third-order valence-corrected chi connectivity index (χ3v) is 4.13. The number of anilines is 1. The molecule has 1 fully saturated rings. The summed E-state index contributed by atoms with van der Waals surface area (Å²) in [6, 6.07) is 8.83. The van der Waals surface area contributed by atoms with Crippen LogP contribution in [0, 0.1) is 0 Å². The molecule has 1 aliphatic carbocycles. The van der Waals surface area contributed by atoms with Crippen LogP contribution in [-0.4, -0.2) is 29.2 Å². The highest BCUT2D eigenvalue weighted by Crippen LogP contribution is 2.25. The van der Waals surface area contributed by atoms with Crippen LogP contribution in [0.1, 0.15) is 58.9 Å². The van der Waals surface area contributed by atoms with Gasteiger partial charge in [0.2, 0.25) is 0 Å². The van der Waals surface area contributed by atoms with Crippen LogP contribution < -0.4 is 5.32 Å². The molecule has 0 aliphatic heterocycles. The average molecular weight is 318 g/mol. The van der Waals surface area contributed by atoms with Crippen molar-refractivity contribution < 1.29 is 9.53 Å². The summed E-state index contributed by atoms with van der Waals surface area (Å²) in [5.41, 5.74) is 1.82. The number of hydrogen-bond acceptors (Lipinski definition) is 3. The fourth-order valence-corrected chi connectivity index (χ4v) is 2.93. The molecule has 0 bridgehead atoms. The first-order valence-corrected chi connectivity index (χ1v) is 8.71. The normalized spacial score (nSPS) is 15.5. The van der Waals surface area contributed by atoms with E-state index >= 15 is 0 Å². The molecule has 0 atom stereocenters. The summed E-state index contributed by atoms with van der Waals surface area (Å²) in [4.78, 5) is 14.1. The average Bonchev–Trinajstić information content (AvgIpc) is 2.97. The zero-order chi connectivity index (χ0) is 16.9. The third kappa shape index (κ3) is 5.45. The Kier molecular flexibility index (Phi) is 5.91. The second kappa shape index (κ2) is 7.71. The van der Waals surface area contributed by atoms with Crippen LogP contribution in [-0.2, 0) is 11.3 Å². The maximum atomic E-state index is 12.3. The van der Waals surface area contributed by atoms with Gasteiger partial charge < -0.3 is 15.0 Å². The van der Waals surface area contributed by atoms with E-state index in [-0.39, 0.29) is 6.09 Å². The lowest BCUT2D eigenvalue weighted by atomic mass is 10.1. The van der Waals surface area contributed by atoms with Gasteiger partial charge in [0.15, 0.2) is 0 Å². The van der Waals surface area contributed by atoms with E-state index in [1.165, 1.54) is 25.7 Å². The van der Waals surface area contributed by atoms with E-state index < -0.39 is 5.60 Å². The van der Waals surface area contributed by atoms with Gasteiger partial charge in [-0.05, 0) is 52.2 Å². The Morgan fingerprint density at radius 3 is 2.52 bits per heavy atom. The maximum Gasteiger partial charge on any atom is 0.410 e. The molecule has 128 valence electrons. The van der Waals surface area contributed by atoms with E-state index in [4.69, 9.17) is 4.74 Å². The minimum atomic E-state index is -0.466. The predicted octanol–water partition coefficient (Wildman–Crippen LogP) is 4.80. The van der Waals surface area contributed by atoms with E-state index in [1.807, 2.05) is 39.8 Å². The number of para-hydroxylation sites is 1. The van der Waals surface area contributed by atoms with Crippen molar-refractivity contribution in [3.8, 4) is 0 Å². The molecule has 0 saturated heterocycles. The minimum absolute atomic E-state index is 0.254. The van der Waals surface area contributed by atoms with Crippen molar-refractivity contribution in [2.45, 2.75) is 71.6 Å². The highest BCUT2D eigenvalue weighted by molar-refractivity contribution is 5.68. The lowest BCUT2D eigenvalue weighted by Crippen LogP contribution is -2.36. The van der Waals surface area contributed by atoms with Crippen molar-refractivity contribution in [3.63, 3.8) is 0 Å². The van der Waals surface area contributed by atoms with Gasteiger partial charge in [-0.3, -0.25) is 0 Å². The fraction of sp³-hybridized carbons (Fsp3) is 0.632. The summed E-state index contributed by atoms with van der Waals surface area (Å²) < 4.78 is 5.50. The standard InChI is InChI=1S/C19H30N2O2/c1-5-21(18(22)23-19(2,3)4)14-15-10-6-9-13-17(15)20-16-11-7-8-12-16/h6,9-10,13,16,20H,5,7-8,11-12,14H2,1-4H3. The van der Waals surface area contributed by atoms with Crippen LogP contribution in [0.2, 0.25) is 0 Å². The zero-order valence-electron chi connectivity index (χ0n) is 14.9. The molecule has 1 aliphatic rings. The van der Waals surface area contributed by atoms with E-state index in [9.17, 15) is 4.79 Å². The van der Waals surface area contributed by atoms with E-state index in [1.54, 1.807) is 4.90 Å². The van der Waals surface area contributed by atoms with Gasteiger partial charge in [0, 0.05) is 18.3 Å². The van der Waals surface area contributed by atoms with E-state index in [0.717, 1.165) is 11.3 Å². The Morgan fingerprint density at radius 1 is 1.26 bits per heavy atom. The van der Waals surface area contributed by atoms with Gasteiger partial charge in [0.1, 0.15) is 5.60 Å². The summed E-state index contributed by atoms with van der Waals surface area (Å²) >= 11 is 0. The van der Waals surface area contributed by atoms with Crippen molar-refractivity contribution in [2.75, 3.05) is 11.9 Å². The predicted molar refractivity (Wildman–Crippen MR) is 94.6 cm³/mol. The first-order valence-electron chi connectivity index (χ1n) is 8.71. The molecule has 0 unspecified atom stereocenters. The largest absolute Gasteiger partial charge is 0.444 e. The van der Waals surface area contributed by atoms with Crippen LogP contribution in [0.4, 0.5) is 10.5 Å². The van der Waals surface area contributed by atoms with Crippen LogP contribution in [0.25, 0.3) is 0 Å². The Bertz CT molecular complexity index is 516. The molecule has 2 rings (SSSR count). The molecule has 23 heavy (non-hydrogen) atoms. The van der Waals surface area contributed by atoms with Crippen LogP contribution >= 0.6 is 0 Å². The lowest BCUT2D eigenvalue weighted by Gasteiger charge is -2.27. The summed E-state index contributed by atoms with van der Waals surface area (Å²) in [5.74, 6) is 0. The molecule has 0 heterocycles. The van der Waals surface area contributed by atoms with Gasteiger partial charge in [-0.15, -0.1) is 0 Å². The third-order valence-electron chi connectivity index (χ3n) is 4.13. The smallest absolute Gasteiger partial charge is 0.410 e. The van der Waals surface area contributed by atoms with Crippen LogP contribution in [0.5, 0.6) is 0 Å². The van der Waals surface area contributed by atoms with Crippen molar-refractivity contribution in [3.05, 3.63) is 29.8 Å². The Hall–Kier alpha value is -1.71. The number of carbonyl (C=O) groups is 1. The molecule has 1 aromatic carbocycles. The molecule has 1 aromatic rings. The fourth-order valence-electron chi connectivity index (χ4n) is 2.93. The Labute approximate surface area is 140 Å². The molecule has 1 N–H and O–H groups in total. The van der Waals surface area contributed by atoms with Gasteiger partial charge in [-0.2, -0.15) is 0 Å². The lowest BCUT2D eigenvalue weighted by molar-refractivity contribution is 0.0245. The van der Waals surface area contributed by atoms with Gasteiger partial charge in [-0.25, -0.2) is 4.79 Å². The van der Waals surface area contributed by atoms with Crippen molar-refractivity contribution in [2.24, 2.45) is 0 Å². The molecule has 0 spiro atoms. The summed E-state index contributed by atoms with van der Waals surface area (Å²) in [5, 5.41) is 3.65. The summed E-state index contributed by atoms with van der Waals surface area (Å²) in [7, 11) is 0. The number of ether oxygens (including phenoxy) is 1. The van der Waals surface area contributed by atoms with Crippen LogP contribution in [0.15, 0.2) is 24.3 Å². The van der Waals surface area contributed by atoms with Gasteiger partial charge in [0.25, 0.3) is 0 Å². The molecule has 4 nitrogen and oxygen atoms in total. The quantitative estimate of drug-likeness (QED) is 0.848. The molecule has 0 radical (unpaired) electrons. The second-order valence-electron chi connectivity index (χ2n) is 7.28. The van der Waals surface area contributed by atoms with Gasteiger partial charge in [-0.1, -0.05) is 31.0 Å². The molecule has 4 heteroatoms. The summed E-state index contributed by atoms with van der Waals surface area (Å²) in [6.07, 6.45) is 4.82. The SMILES string of the molecule is CCN(Cc1ccccc1NC1CCCC1)C(=O)OC(C)(C)C. The van der Waals surface area contributed by atoms with E-state index in [0.29, 0.717) is 19.1 Å². The number of nitrogens with zero attached hydrogens (tertiary/aromatic N) is 1. The molecule has 1 saturated carbocycles. The highest BCUT2D eigenvalue weighted by atomic mass is 16.6. The number of carbonyl (C=O) groups excluding carboxylic acids is 1. The topological polar surface area (TPSA) is 41.6 Å². The monoisotopic (exact) mass is 318 g/mol. The highest BCUT2D eigenvalue weighted by Gasteiger charge is 2.22. The Balaban J connectivity index is 2.06. The molecule has 0 aromatic heterocycles. The van der Waals surface area contributed by atoms with E-state index in [2.05, 4.69) is 17.4 Å². The number of benzene rings is 1. The van der Waals surface area contributed by atoms with Crippen molar-refractivity contribution >= 4 is 11.8 Å². The zero-order valence-corrected chi connectivity index (χ0v) is 14.9. The first kappa shape index (κ1) is 17.6. The molecular formula is C19H30N2O2. The molecule has 1 amide bonds. The number of nitrogens with one attached hydrogen (secondary N) is 1. The second-order valence-corrected chi connectivity index (χ2v) is 7.28.